The zero-order chi connectivity index (χ0) is 14.0. The quantitative estimate of drug-likeness (QED) is 0.564. The van der Waals surface area contributed by atoms with Crippen molar-refractivity contribution in [2.75, 3.05) is 40.0 Å². The van der Waals surface area contributed by atoms with E-state index in [2.05, 4.69) is 27.7 Å². The third-order valence-corrected chi connectivity index (χ3v) is 2.32. The molecular formula is C14H29NO3. The maximum Gasteiger partial charge on any atom is 0.248 e. The number of carbonyl (C=O) groups excluding carboxylic acids is 1. The lowest BCUT2D eigenvalue weighted by atomic mass is 10.2. The summed E-state index contributed by atoms with van der Waals surface area (Å²) in [6.45, 7) is 11.5. The Balaban J connectivity index is 3.40. The smallest absolute Gasteiger partial charge is 0.248 e. The van der Waals surface area contributed by atoms with Gasteiger partial charge in [-0.15, -0.1) is 0 Å². The van der Waals surface area contributed by atoms with Crippen LogP contribution in [-0.4, -0.2) is 50.8 Å². The topological polar surface area (TPSA) is 38.8 Å². The number of carbonyl (C=O) groups is 1. The van der Waals surface area contributed by atoms with Gasteiger partial charge in [0, 0.05) is 33.4 Å². The molecule has 0 radical (unpaired) electrons. The number of rotatable bonds is 10. The molecule has 0 fully saturated rings. The van der Waals surface area contributed by atoms with E-state index in [9.17, 15) is 4.79 Å². The van der Waals surface area contributed by atoms with Gasteiger partial charge < -0.3 is 14.4 Å². The molecule has 0 bridgehead atoms. The van der Waals surface area contributed by atoms with Gasteiger partial charge in [-0.25, -0.2) is 0 Å². The van der Waals surface area contributed by atoms with Crippen LogP contribution in [0.2, 0.25) is 0 Å². The molecule has 0 aliphatic heterocycles. The molecule has 0 N–H and O–H groups in total. The maximum absolute atomic E-state index is 11.6. The monoisotopic (exact) mass is 259 g/mol. The Morgan fingerprint density at radius 3 is 2.22 bits per heavy atom. The predicted molar refractivity (Wildman–Crippen MR) is 73.6 cm³/mol. The molecule has 0 rings (SSSR count). The maximum atomic E-state index is 11.6. The van der Waals surface area contributed by atoms with E-state index in [0.717, 1.165) is 19.6 Å². The van der Waals surface area contributed by atoms with Crippen molar-refractivity contribution < 1.29 is 14.3 Å². The van der Waals surface area contributed by atoms with Crippen LogP contribution in [0.4, 0.5) is 0 Å². The number of hydrogen-bond acceptors (Lipinski definition) is 3. The highest BCUT2D eigenvalue weighted by atomic mass is 16.5. The normalized spacial score (nSPS) is 11.3. The van der Waals surface area contributed by atoms with Gasteiger partial charge in [0.05, 0.1) is 0 Å². The summed E-state index contributed by atoms with van der Waals surface area (Å²) < 4.78 is 10.8. The molecule has 0 spiro atoms. The van der Waals surface area contributed by atoms with Crippen LogP contribution in [0.15, 0.2) is 0 Å². The summed E-state index contributed by atoms with van der Waals surface area (Å²) >= 11 is 0. The summed E-state index contributed by atoms with van der Waals surface area (Å²) in [5.74, 6) is 1.10. The van der Waals surface area contributed by atoms with Crippen molar-refractivity contribution in [2.24, 2.45) is 11.8 Å². The first kappa shape index (κ1) is 17.4. The second kappa shape index (κ2) is 10.3. The van der Waals surface area contributed by atoms with Crippen molar-refractivity contribution in [3.8, 4) is 0 Å². The van der Waals surface area contributed by atoms with Crippen LogP contribution in [-0.2, 0) is 14.3 Å². The van der Waals surface area contributed by atoms with Crippen molar-refractivity contribution in [2.45, 2.75) is 34.1 Å². The molecule has 0 aromatic rings. The summed E-state index contributed by atoms with van der Waals surface area (Å²) in [6.07, 6.45) is 0.841. The van der Waals surface area contributed by atoms with Crippen molar-refractivity contribution in [1.29, 1.82) is 0 Å². The van der Waals surface area contributed by atoms with E-state index in [1.54, 1.807) is 4.90 Å². The van der Waals surface area contributed by atoms with Gasteiger partial charge in [0.15, 0.2) is 0 Å². The van der Waals surface area contributed by atoms with Crippen LogP contribution in [0.3, 0.4) is 0 Å². The van der Waals surface area contributed by atoms with E-state index >= 15 is 0 Å². The number of nitrogens with zero attached hydrogens (tertiary/aromatic N) is 1. The van der Waals surface area contributed by atoms with Gasteiger partial charge in [0.1, 0.15) is 6.61 Å². The minimum absolute atomic E-state index is 0.0480. The summed E-state index contributed by atoms with van der Waals surface area (Å²) in [4.78, 5) is 13.3. The van der Waals surface area contributed by atoms with Gasteiger partial charge >= 0.3 is 0 Å². The van der Waals surface area contributed by atoms with Gasteiger partial charge in [-0.2, -0.15) is 0 Å². The number of amides is 1. The van der Waals surface area contributed by atoms with Crippen molar-refractivity contribution in [3.05, 3.63) is 0 Å². The Morgan fingerprint density at radius 1 is 1.06 bits per heavy atom. The van der Waals surface area contributed by atoms with Gasteiger partial charge in [-0.05, 0) is 18.3 Å². The third kappa shape index (κ3) is 10.5. The first-order chi connectivity index (χ1) is 8.43. The average Bonchev–Trinajstić information content (AvgIpc) is 2.26. The first-order valence-electron chi connectivity index (χ1n) is 6.83. The van der Waals surface area contributed by atoms with E-state index in [-0.39, 0.29) is 12.5 Å². The summed E-state index contributed by atoms with van der Waals surface area (Å²) in [6, 6.07) is 0. The molecule has 4 nitrogen and oxygen atoms in total. The fourth-order valence-electron chi connectivity index (χ4n) is 1.50. The molecule has 0 heterocycles. The second-order valence-electron chi connectivity index (χ2n) is 5.54. The Labute approximate surface area is 112 Å². The van der Waals surface area contributed by atoms with E-state index in [1.165, 1.54) is 0 Å². The lowest BCUT2D eigenvalue weighted by Crippen LogP contribution is -2.33. The van der Waals surface area contributed by atoms with Gasteiger partial charge in [-0.1, -0.05) is 27.7 Å². The Morgan fingerprint density at radius 2 is 1.67 bits per heavy atom. The Hall–Kier alpha value is -0.610. The zero-order valence-electron chi connectivity index (χ0n) is 12.6. The molecule has 0 atom stereocenters. The Kier molecular flexibility index (Phi) is 9.98. The summed E-state index contributed by atoms with van der Waals surface area (Å²) in [5, 5.41) is 0. The largest absolute Gasteiger partial charge is 0.381 e. The molecule has 18 heavy (non-hydrogen) atoms. The summed E-state index contributed by atoms with van der Waals surface area (Å²) in [7, 11) is 1.82. The molecule has 0 aliphatic carbocycles. The van der Waals surface area contributed by atoms with Gasteiger partial charge in [-0.3, -0.25) is 4.79 Å². The van der Waals surface area contributed by atoms with E-state index in [0.29, 0.717) is 25.0 Å². The SMILES string of the molecule is CC(C)COCCCOCC(=O)N(C)CC(C)C. The summed E-state index contributed by atoms with van der Waals surface area (Å²) in [5.41, 5.74) is 0. The van der Waals surface area contributed by atoms with E-state index < -0.39 is 0 Å². The number of hydrogen-bond donors (Lipinski definition) is 0. The highest BCUT2D eigenvalue weighted by Gasteiger charge is 2.09. The minimum atomic E-state index is 0.0480. The van der Waals surface area contributed by atoms with Crippen LogP contribution in [0.25, 0.3) is 0 Å². The number of likely N-dealkylation sites (N-methyl/N-ethyl adjacent to an activating group) is 1. The molecule has 4 heteroatoms. The van der Waals surface area contributed by atoms with Gasteiger partial charge in [0.25, 0.3) is 0 Å². The van der Waals surface area contributed by atoms with Crippen LogP contribution < -0.4 is 0 Å². The molecule has 1 amide bonds. The molecule has 108 valence electrons. The van der Waals surface area contributed by atoms with Crippen LogP contribution >= 0.6 is 0 Å². The highest BCUT2D eigenvalue weighted by Crippen LogP contribution is 1.97. The third-order valence-electron chi connectivity index (χ3n) is 2.32. The Bertz CT molecular complexity index is 217. The average molecular weight is 259 g/mol. The van der Waals surface area contributed by atoms with E-state index in [4.69, 9.17) is 9.47 Å². The van der Waals surface area contributed by atoms with Crippen molar-refractivity contribution in [3.63, 3.8) is 0 Å². The number of ether oxygens (including phenoxy) is 2. The fourth-order valence-corrected chi connectivity index (χ4v) is 1.50. The van der Waals surface area contributed by atoms with E-state index in [1.807, 2.05) is 7.05 Å². The van der Waals surface area contributed by atoms with Gasteiger partial charge in [0.2, 0.25) is 5.91 Å². The highest BCUT2D eigenvalue weighted by molar-refractivity contribution is 5.77. The molecular weight excluding hydrogens is 230 g/mol. The standard InChI is InChI=1S/C14H29NO3/c1-12(2)9-15(5)14(16)11-18-8-6-7-17-10-13(3)4/h12-13H,6-11H2,1-5H3. The first-order valence-corrected chi connectivity index (χ1v) is 6.83. The van der Waals surface area contributed by atoms with Crippen molar-refractivity contribution >= 4 is 5.91 Å². The zero-order valence-corrected chi connectivity index (χ0v) is 12.6. The molecule has 0 unspecified atom stereocenters. The van der Waals surface area contributed by atoms with Crippen LogP contribution in [0, 0.1) is 11.8 Å². The predicted octanol–water partition coefficient (Wildman–Crippen LogP) is 2.18. The lowest BCUT2D eigenvalue weighted by molar-refractivity contribution is -0.135. The van der Waals surface area contributed by atoms with Crippen molar-refractivity contribution in [1.82, 2.24) is 4.90 Å². The molecule has 0 aromatic heterocycles. The van der Waals surface area contributed by atoms with Crippen LogP contribution in [0.1, 0.15) is 34.1 Å². The molecule has 0 aromatic carbocycles. The molecule has 0 saturated heterocycles. The molecule has 0 saturated carbocycles. The minimum Gasteiger partial charge on any atom is -0.381 e. The van der Waals surface area contributed by atoms with Crippen LogP contribution in [0.5, 0.6) is 0 Å². The molecule has 0 aliphatic rings. The fraction of sp³-hybridized carbons (Fsp3) is 0.929. The lowest BCUT2D eigenvalue weighted by Gasteiger charge is -2.19. The second-order valence-corrected chi connectivity index (χ2v) is 5.54.